The first-order valence-corrected chi connectivity index (χ1v) is 3.50. The van der Waals surface area contributed by atoms with Crippen molar-refractivity contribution in [2.75, 3.05) is 6.61 Å². The van der Waals surface area contributed by atoms with Gasteiger partial charge in [-0.1, -0.05) is 0 Å². The molecule has 0 saturated carbocycles. The molecule has 0 aromatic rings. The van der Waals surface area contributed by atoms with Crippen molar-refractivity contribution in [2.24, 2.45) is 0 Å². The fraction of sp³-hybridized carbons (Fsp3) is 0.714. The molecule has 0 amide bonds. The van der Waals surface area contributed by atoms with Crippen LogP contribution in [0.15, 0.2) is 0 Å². The minimum Gasteiger partial charge on any atom is -0.466 e. The van der Waals surface area contributed by atoms with Gasteiger partial charge in [0.05, 0.1) is 6.61 Å². The molecule has 1 fully saturated rings. The second-order valence-corrected chi connectivity index (χ2v) is 2.13. The van der Waals surface area contributed by atoms with Crippen LogP contribution in [0.2, 0.25) is 0 Å². The molecule has 1 aliphatic rings. The molecule has 1 heterocycles. The van der Waals surface area contributed by atoms with E-state index in [0.717, 1.165) is 25.3 Å². The molecule has 1 aliphatic heterocycles. The molecule has 0 aliphatic carbocycles. The zero-order valence-electron chi connectivity index (χ0n) is 6.26. The summed E-state index contributed by atoms with van der Waals surface area (Å²) in [7, 11) is 0. The molecule has 0 radical (unpaired) electrons. The molecule has 4 nitrogen and oxygen atoms in total. The number of isocyanates is 1. The van der Waals surface area contributed by atoms with Crippen LogP contribution in [0.4, 0.5) is 0 Å². The summed E-state index contributed by atoms with van der Waals surface area (Å²) in [4.78, 5) is 18.8. The Balaban J connectivity index is 0.000000292. The first kappa shape index (κ1) is 9.85. The molecule has 0 spiro atoms. The summed E-state index contributed by atoms with van der Waals surface area (Å²) in [6.45, 7) is 0.638. The molecule has 1 saturated heterocycles. The number of ether oxygens (including phenoxy) is 1. The third-order valence-electron chi connectivity index (χ3n) is 1.29. The van der Waals surface area contributed by atoms with Crippen molar-refractivity contribution in [1.82, 2.24) is 0 Å². The maximum absolute atomic E-state index is 10.5. The summed E-state index contributed by atoms with van der Waals surface area (Å²) in [5.41, 5.74) is 0. The van der Waals surface area contributed by atoms with E-state index < -0.39 is 0 Å². The molecule has 0 aromatic heterocycles. The minimum atomic E-state index is -0.0255. The largest absolute Gasteiger partial charge is 0.466 e. The summed E-state index contributed by atoms with van der Waals surface area (Å²) in [5, 5.41) is 5.40. The summed E-state index contributed by atoms with van der Waals surface area (Å²) in [6.07, 6.45) is 4.58. The lowest BCUT2D eigenvalue weighted by Gasteiger charge is -1.93. The van der Waals surface area contributed by atoms with Crippen molar-refractivity contribution >= 4 is 12.0 Å². The van der Waals surface area contributed by atoms with Gasteiger partial charge < -0.3 is 4.74 Å². The highest BCUT2D eigenvalue weighted by molar-refractivity contribution is 5.69. The molecule has 0 bridgehead atoms. The lowest BCUT2D eigenvalue weighted by molar-refractivity contribution is -0.142. The highest BCUT2D eigenvalue weighted by Crippen LogP contribution is 2.06. The van der Waals surface area contributed by atoms with Crippen molar-refractivity contribution in [1.29, 1.82) is 5.41 Å². The molecule has 11 heavy (non-hydrogen) atoms. The van der Waals surface area contributed by atoms with Gasteiger partial charge in [-0.2, -0.15) is 0 Å². The fourth-order valence-electron chi connectivity index (χ4n) is 0.806. The second-order valence-electron chi connectivity index (χ2n) is 2.13. The van der Waals surface area contributed by atoms with Gasteiger partial charge in [-0.05, 0) is 19.3 Å². The Kier molecular flexibility index (Phi) is 6.24. The Morgan fingerprint density at radius 3 is 2.64 bits per heavy atom. The van der Waals surface area contributed by atoms with Gasteiger partial charge >= 0.3 is 5.97 Å². The Morgan fingerprint density at radius 1 is 1.36 bits per heavy atom. The van der Waals surface area contributed by atoms with E-state index in [2.05, 4.69) is 0 Å². The van der Waals surface area contributed by atoms with Crippen molar-refractivity contribution in [3.05, 3.63) is 0 Å². The van der Waals surface area contributed by atoms with Crippen LogP contribution in [-0.2, 0) is 14.3 Å². The molecule has 0 unspecified atom stereocenters. The van der Waals surface area contributed by atoms with Crippen molar-refractivity contribution in [3.8, 4) is 0 Å². The summed E-state index contributed by atoms with van der Waals surface area (Å²) in [5.74, 6) is -0.0255. The van der Waals surface area contributed by atoms with Gasteiger partial charge in [-0.3, -0.25) is 4.79 Å². The summed E-state index contributed by atoms with van der Waals surface area (Å²) < 4.78 is 4.76. The Bertz CT molecular complexity index is 140. The van der Waals surface area contributed by atoms with Gasteiger partial charge in [0.1, 0.15) is 0 Å². The van der Waals surface area contributed by atoms with E-state index in [1.165, 1.54) is 0 Å². The van der Waals surface area contributed by atoms with Crippen LogP contribution in [0.1, 0.15) is 25.7 Å². The smallest absolute Gasteiger partial charge is 0.305 e. The van der Waals surface area contributed by atoms with Crippen LogP contribution in [0.5, 0.6) is 0 Å². The molecule has 0 atom stereocenters. The lowest BCUT2D eigenvalue weighted by Crippen LogP contribution is -2.00. The number of nitrogens with one attached hydrogen (secondary N) is 1. The maximum Gasteiger partial charge on any atom is 0.305 e. The first-order valence-electron chi connectivity index (χ1n) is 3.50. The van der Waals surface area contributed by atoms with Crippen molar-refractivity contribution in [2.45, 2.75) is 25.7 Å². The third-order valence-corrected chi connectivity index (χ3v) is 1.29. The predicted molar refractivity (Wildman–Crippen MR) is 37.8 cm³/mol. The van der Waals surface area contributed by atoms with E-state index in [4.69, 9.17) is 14.9 Å². The van der Waals surface area contributed by atoms with Crippen LogP contribution in [0.3, 0.4) is 0 Å². The monoisotopic (exact) mass is 157 g/mol. The van der Waals surface area contributed by atoms with Gasteiger partial charge in [-0.15, -0.1) is 0 Å². The number of hydrogen-bond acceptors (Lipinski definition) is 4. The van der Waals surface area contributed by atoms with E-state index in [1.807, 2.05) is 0 Å². The van der Waals surface area contributed by atoms with Crippen LogP contribution < -0.4 is 0 Å². The first-order chi connectivity index (χ1) is 5.31. The van der Waals surface area contributed by atoms with Crippen LogP contribution in [-0.4, -0.2) is 18.7 Å². The van der Waals surface area contributed by atoms with Crippen molar-refractivity contribution in [3.63, 3.8) is 0 Å². The van der Waals surface area contributed by atoms with E-state index >= 15 is 0 Å². The quantitative estimate of drug-likeness (QED) is 0.324. The molecule has 62 valence electrons. The molecule has 1 N–H and O–H groups in total. The summed E-state index contributed by atoms with van der Waals surface area (Å²) in [6, 6.07) is 0. The lowest BCUT2D eigenvalue weighted by atomic mass is 10.2. The average molecular weight is 157 g/mol. The normalized spacial score (nSPS) is 16.5. The molecule has 0 aromatic carbocycles. The van der Waals surface area contributed by atoms with E-state index in [9.17, 15) is 4.79 Å². The Morgan fingerprint density at radius 2 is 2.00 bits per heavy atom. The summed E-state index contributed by atoms with van der Waals surface area (Å²) >= 11 is 0. The van der Waals surface area contributed by atoms with Gasteiger partial charge in [0, 0.05) is 6.42 Å². The molecule has 1 rings (SSSR count). The third kappa shape index (κ3) is 6.74. The zero-order valence-corrected chi connectivity index (χ0v) is 6.26. The van der Waals surface area contributed by atoms with Crippen molar-refractivity contribution < 1.29 is 14.3 Å². The highest BCUT2D eigenvalue weighted by Gasteiger charge is 2.05. The standard InChI is InChI=1S/C6H10O2.CHNO/c7-6-4-2-1-3-5-8-6;2-1-3/h1-5H2;2H. The topological polar surface area (TPSA) is 67.2 Å². The molecular formula is C7H11NO3. The van der Waals surface area contributed by atoms with Gasteiger partial charge in [0.25, 0.3) is 0 Å². The van der Waals surface area contributed by atoms with E-state index in [1.54, 1.807) is 0 Å². The van der Waals surface area contributed by atoms with Gasteiger partial charge in [0.2, 0.25) is 6.08 Å². The van der Waals surface area contributed by atoms with Crippen LogP contribution >= 0.6 is 0 Å². The fourth-order valence-corrected chi connectivity index (χ4v) is 0.806. The number of cyclic esters (lactones) is 1. The maximum atomic E-state index is 10.5. The Labute approximate surface area is 65.1 Å². The second kappa shape index (κ2) is 6.96. The SMILES string of the molecule is N=C=O.O=C1CCCCCO1. The number of carbonyl (C=O) groups is 1. The van der Waals surface area contributed by atoms with Gasteiger partial charge in [0.15, 0.2) is 0 Å². The number of esters is 1. The highest BCUT2D eigenvalue weighted by atomic mass is 16.5. The molecular weight excluding hydrogens is 146 g/mol. The van der Waals surface area contributed by atoms with E-state index in [0.29, 0.717) is 13.0 Å². The minimum absolute atomic E-state index is 0.0255. The van der Waals surface area contributed by atoms with Crippen LogP contribution in [0, 0.1) is 5.41 Å². The Hall–Kier alpha value is -1.15. The number of rotatable bonds is 0. The average Bonchev–Trinajstić information content (AvgIpc) is 2.18. The van der Waals surface area contributed by atoms with E-state index in [-0.39, 0.29) is 5.97 Å². The van der Waals surface area contributed by atoms with Gasteiger partial charge in [-0.25, -0.2) is 10.2 Å². The number of hydrogen-bond donors (Lipinski definition) is 1. The zero-order chi connectivity index (χ0) is 8.53. The molecule has 4 heteroatoms. The van der Waals surface area contributed by atoms with Crippen LogP contribution in [0.25, 0.3) is 0 Å². The predicted octanol–water partition coefficient (Wildman–Crippen LogP) is 1.00. The number of carbonyl (C=O) groups excluding carboxylic acids is 2.